The van der Waals surface area contributed by atoms with Crippen molar-refractivity contribution in [3.63, 3.8) is 0 Å². The highest BCUT2D eigenvalue weighted by molar-refractivity contribution is 7.20. The summed E-state index contributed by atoms with van der Waals surface area (Å²) in [5, 5.41) is 32.6. The number of aryl methyl sites for hydroxylation is 2. The first-order valence-electron chi connectivity index (χ1n) is 17.2. The second-order valence-corrected chi connectivity index (χ2v) is 16.2. The quantitative estimate of drug-likeness (QED) is 0.137. The van der Waals surface area contributed by atoms with Crippen LogP contribution in [0.3, 0.4) is 0 Å². The summed E-state index contributed by atoms with van der Waals surface area (Å²) in [6, 6.07) is 15.1. The SMILES string of the molecule is [C-]#[N+]c1cc2c(cc1C#N)C(=O)/C(=C/c1cc3c(s1)c1c(n3C)=CC3C=c4c(n(C)c5cc(C=C6C(=O)c7cc(C#N)c(C#N)cc7C6=O)sc45)=CC3C=1)C2=O. The Morgan fingerprint density at radius 3 is 1.39 bits per heavy atom. The van der Waals surface area contributed by atoms with Crippen molar-refractivity contribution >= 4 is 108 Å². The zero-order valence-corrected chi connectivity index (χ0v) is 30.8. The molecule has 0 bridgehead atoms. The average molecular weight is 761 g/mol. The van der Waals surface area contributed by atoms with Gasteiger partial charge in [-0.1, -0.05) is 24.3 Å². The van der Waals surface area contributed by atoms with Crippen molar-refractivity contribution in [3.05, 3.63) is 129 Å². The number of nitrogens with zero attached hydrogens (tertiary/aromatic N) is 6. The van der Waals surface area contributed by atoms with E-state index in [4.69, 9.17) is 6.57 Å². The molecule has 4 aliphatic rings. The van der Waals surface area contributed by atoms with E-state index in [1.54, 1.807) is 12.2 Å². The Labute approximate surface area is 324 Å². The summed E-state index contributed by atoms with van der Waals surface area (Å²) < 4.78 is 6.32. The van der Waals surface area contributed by atoms with Crippen LogP contribution in [0.1, 0.15) is 67.9 Å². The molecular weight excluding hydrogens is 741 g/mol. The first-order chi connectivity index (χ1) is 27.0. The fourth-order valence-electron chi connectivity index (χ4n) is 8.33. The van der Waals surface area contributed by atoms with Gasteiger partial charge in [0.1, 0.15) is 12.1 Å². The van der Waals surface area contributed by atoms with Gasteiger partial charge in [-0.2, -0.15) is 15.8 Å². The smallest absolute Gasteiger partial charge is 0.205 e. The van der Waals surface area contributed by atoms with Crippen molar-refractivity contribution in [2.75, 3.05) is 0 Å². The van der Waals surface area contributed by atoms with Gasteiger partial charge in [-0.3, -0.25) is 19.2 Å². The van der Waals surface area contributed by atoms with Crippen LogP contribution in [0.4, 0.5) is 5.69 Å². The van der Waals surface area contributed by atoms with Crippen LogP contribution >= 0.6 is 22.7 Å². The van der Waals surface area contributed by atoms with Crippen LogP contribution in [-0.4, -0.2) is 32.3 Å². The van der Waals surface area contributed by atoms with E-state index >= 15 is 0 Å². The molecule has 4 aliphatic carbocycles. The minimum absolute atomic E-state index is 0.0108. The molecule has 4 aromatic heterocycles. The summed E-state index contributed by atoms with van der Waals surface area (Å²) in [5.41, 5.74) is 2.77. The summed E-state index contributed by atoms with van der Waals surface area (Å²) >= 11 is 3.00. The second kappa shape index (κ2) is 11.5. The van der Waals surface area contributed by atoms with Gasteiger partial charge < -0.3 is 9.13 Å². The van der Waals surface area contributed by atoms with Crippen molar-refractivity contribution in [2.45, 2.75) is 0 Å². The second-order valence-electron chi connectivity index (χ2n) is 14.0. The number of carbonyl (C=O) groups is 4. The molecule has 2 atom stereocenters. The average Bonchev–Trinajstić information content (AvgIpc) is 4.02. The highest BCUT2D eigenvalue weighted by Crippen LogP contribution is 2.36. The zero-order valence-electron chi connectivity index (χ0n) is 29.2. The summed E-state index contributed by atoms with van der Waals surface area (Å²) in [4.78, 5) is 58.1. The number of nitriles is 3. The molecule has 0 N–H and O–H groups in total. The lowest BCUT2D eigenvalue weighted by Gasteiger charge is -2.21. The molecule has 56 heavy (non-hydrogen) atoms. The molecule has 0 saturated heterocycles. The van der Waals surface area contributed by atoms with E-state index in [1.165, 1.54) is 46.9 Å². The number of ketones is 4. The summed E-state index contributed by atoms with van der Waals surface area (Å²) in [6.07, 6.45) is 12.3. The van der Waals surface area contributed by atoms with Gasteiger partial charge in [-0.05, 0) is 48.6 Å². The first kappa shape index (κ1) is 33.1. The van der Waals surface area contributed by atoms with Crippen molar-refractivity contribution in [2.24, 2.45) is 25.9 Å². The fraction of sp³-hybridized carbons (Fsp3) is 0.0909. The van der Waals surface area contributed by atoms with Crippen LogP contribution in [0.5, 0.6) is 0 Å². The Bertz CT molecular complexity index is 3190. The number of benzene rings is 2. The van der Waals surface area contributed by atoms with Gasteiger partial charge in [0.2, 0.25) is 5.69 Å². The lowest BCUT2D eigenvalue weighted by atomic mass is 9.84. The number of rotatable bonds is 2. The molecule has 0 radical (unpaired) electrons. The van der Waals surface area contributed by atoms with Gasteiger partial charge in [0.25, 0.3) is 0 Å². The van der Waals surface area contributed by atoms with E-state index in [2.05, 4.69) is 38.3 Å². The van der Waals surface area contributed by atoms with Crippen LogP contribution in [0.25, 0.3) is 61.7 Å². The number of fused-ring (bicyclic) bond motifs is 9. The third-order valence-corrected chi connectivity index (χ3v) is 13.3. The molecule has 262 valence electrons. The van der Waals surface area contributed by atoms with E-state index in [1.807, 2.05) is 44.4 Å². The molecule has 0 amide bonds. The molecule has 2 aromatic carbocycles. The lowest BCUT2D eigenvalue weighted by Crippen LogP contribution is -2.39. The number of hydrogen-bond acceptors (Lipinski definition) is 9. The number of carbonyl (C=O) groups excluding carboxylic acids is 4. The topological polar surface area (TPSA) is 154 Å². The van der Waals surface area contributed by atoms with Gasteiger partial charge in [0, 0.05) is 79.1 Å². The van der Waals surface area contributed by atoms with Crippen LogP contribution < -0.4 is 21.1 Å². The van der Waals surface area contributed by atoms with Gasteiger partial charge in [0.15, 0.2) is 23.1 Å². The molecule has 0 aliphatic heterocycles. The third kappa shape index (κ3) is 4.37. The highest BCUT2D eigenvalue weighted by atomic mass is 32.1. The maximum Gasteiger partial charge on any atom is 0.205 e. The Morgan fingerprint density at radius 1 is 0.607 bits per heavy atom. The van der Waals surface area contributed by atoms with Crippen molar-refractivity contribution < 1.29 is 19.2 Å². The van der Waals surface area contributed by atoms with Gasteiger partial charge in [0.05, 0.1) is 60.9 Å². The van der Waals surface area contributed by atoms with Crippen LogP contribution in [0, 0.1) is 52.4 Å². The number of thiophene rings is 2. The molecule has 0 fully saturated rings. The predicted octanol–water partition coefficient (Wildman–Crippen LogP) is 4.97. The van der Waals surface area contributed by atoms with Crippen LogP contribution in [0.2, 0.25) is 0 Å². The monoisotopic (exact) mass is 760 g/mol. The molecule has 0 saturated carbocycles. The normalized spacial score (nSPS) is 18.1. The van der Waals surface area contributed by atoms with Crippen molar-refractivity contribution in [1.29, 1.82) is 15.8 Å². The van der Waals surface area contributed by atoms with E-state index in [-0.39, 0.29) is 67.6 Å². The predicted molar refractivity (Wildman–Crippen MR) is 211 cm³/mol. The molecule has 2 unspecified atom stereocenters. The van der Waals surface area contributed by atoms with Crippen molar-refractivity contribution in [1.82, 2.24) is 9.13 Å². The van der Waals surface area contributed by atoms with Gasteiger partial charge in [-0.15, -0.1) is 22.7 Å². The highest BCUT2D eigenvalue weighted by Gasteiger charge is 2.36. The minimum Gasteiger partial charge on any atom is -0.343 e. The Balaban J connectivity index is 1.01. The van der Waals surface area contributed by atoms with E-state index in [0.29, 0.717) is 0 Å². The maximum atomic E-state index is 13.3. The number of Topliss-reactive ketones (excluding diaryl/α,β-unsaturated/α-hetero) is 4. The Hall–Kier alpha value is -7.48. The molecular formula is C44H20N6O4S2. The Morgan fingerprint density at radius 2 is 1.00 bits per heavy atom. The van der Waals surface area contributed by atoms with Gasteiger partial charge in [-0.25, -0.2) is 4.85 Å². The number of allylic oxidation sites excluding steroid dienone is 2. The van der Waals surface area contributed by atoms with E-state index in [9.17, 15) is 35.0 Å². The minimum atomic E-state index is -0.458. The number of hydrogen-bond donors (Lipinski definition) is 0. The molecule has 4 heterocycles. The number of aromatic nitrogens is 2. The summed E-state index contributed by atoms with van der Waals surface area (Å²) in [5.74, 6) is -1.69. The largest absolute Gasteiger partial charge is 0.343 e. The molecule has 0 spiro atoms. The van der Waals surface area contributed by atoms with Crippen LogP contribution in [-0.2, 0) is 14.1 Å². The molecule has 6 aromatic rings. The third-order valence-electron chi connectivity index (χ3n) is 11.1. The standard InChI is InChI=1S/C44H20N6O4S2/c1-48-34-15-29-28(8-23(34)18-47)41(53)33(42(29)54)12-25-14-38-44(56-25)31-5-20-9-35-30(4-19(20)10-36(31)50(38)3)43-37(49(35)2)13-24(55-43)11-32-39(51)26-6-21(16-45)22(17-46)7-27(26)40(32)52/h4-15,19-20H,2-3H3/b33-12-. The van der Waals surface area contributed by atoms with Gasteiger partial charge >= 0.3 is 0 Å². The maximum absolute atomic E-state index is 13.3. The fourth-order valence-corrected chi connectivity index (χ4v) is 10.7. The van der Waals surface area contributed by atoms with Crippen LogP contribution in [0.15, 0.2) is 47.5 Å². The zero-order chi connectivity index (χ0) is 38.9. The van der Waals surface area contributed by atoms with E-state index < -0.39 is 23.1 Å². The van der Waals surface area contributed by atoms with Crippen molar-refractivity contribution in [3.8, 4) is 18.2 Å². The molecule has 12 heteroatoms. The summed E-state index contributed by atoms with van der Waals surface area (Å²) in [6.45, 7) is 7.37. The summed E-state index contributed by atoms with van der Waals surface area (Å²) in [7, 11) is 3.99. The molecule has 10 rings (SSSR count). The van der Waals surface area contributed by atoms with E-state index in [0.717, 1.165) is 51.3 Å². The lowest BCUT2D eigenvalue weighted by molar-refractivity contribution is 0.0975. The first-order valence-corrected chi connectivity index (χ1v) is 18.9. The molecule has 10 nitrogen and oxygen atoms in total. The Kier molecular flexibility index (Phi) is 6.81.